The van der Waals surface area contributed by atoms with Crippen molar-refractivity contribution in [2.75, 3.05) is 24.6 Å². The summed E-state index contributed by atoms with van der Waals surface area (Å²) in [5, 5.41) is 0. The standard InChI is InChI=1S/C21H32N4O4S/c1-6-30(28,29)13-18(26)24-11-7-8-15(12-24)16-9-10-17-19(22-16)23(5)20(27)25(17)14-21(2,3)4/h9-10,15H,6-8,11-14H2,1-5H3. The van der Waals surface area contributed by atoms with Crippen LogP contribution in [0, 0.1) is 5.41 Å². The minimum Gasteiger partial charge on any atom is -0.341 e. The molecule has 0 saturated carbocycles. The number of sulfone groups is 1. The Bertz CT molecular complexity index is 1110. The van der Waals surface area contributed by atoms with E-state index in [4.69, 9.17) is 4.98 Å². The molecule has 8 nitrogen and oxygen atoms in total. The van der Waals surface area contributed by atoms with E-state index >= 15 is 0 Å². The van der Waals surface area contributed by atoms with Gasteiger partial charge in [-0.25, -0.2) is 18.2 Å². The van der Waals surface area contributed by atoms with Crippen LogP contribution in [0.1, 0.15) is 52.1 Å². The summed E-state index contributed by atoms with van der Waals surface area (Å²) in [5.74, 6) is -0.787. The predicted octanol–water partition coefficient (Wildman–Crippen LogP) is 1.92. The normalized spacial score (nSPS) is 18.2. The maximum Gasteiger partial charge on any atom is 0.330 e. The van der Waals surface area contributed by atoms with Crippen LogP contribution in [0.3, 0.4) is 0 Å². The summed E-state index contributed by atoms with van der Waals surface area (Å²) in [5.41, 5.74) is 2.15. The third kappa shape index (κ3) is 4.77. The van der Waals surface area contributed by atoms with Crippen molar-refractivity contribution in [1.29, 1.82) is 0 Å². The highest BCUT2D eigenvalue weighted by atomic mass is 32.2. The molecule has 1 unspecified atom stereocenters. The van der Waals surface area contributed by atoms with Crippen LogP contribution >= 0.6 is 0 Å². The Kier molecular flexibility index (Phi) is 6.13. The fraction of sp³-hybridized carbons (Fsp3) is 0.667. The number of hydrogen-bond donors (Lipinski definition) is 0. The highest BCUT2D eigenvalue weighted by molar-refractivity contribution is 7.92. The Morgan fingerprint density at radius 3 is 2.60 bits per heavy atom. The number of aromatic nitrogens is 3. The van der Waals surface area contributed by atoms with Crippen molar-refractivity contribution in [3.05, 3.63) is 28.3 Å². The fourth-order valence-corrected chi connectivity index (χ4v) is 4.73. The van der Waals surface area contributed by atoms with E-state index in [1.807, 2.05) is 12.1 Å². The highest BCUT2D eigenvalue weighted by Gasteiger charge is 2.28. The fourth-order valence-electron chi connectivity index (χ4n) is 3.97. The third-order valence-corrected chi connectivity index (χ3v) is 7.18. The molecule has 30 heavy (non-hydrogen) atoms. The molecule has 2 aromatic rings. The first kappa shape index (κ1) is 22.5. The van der Waals surface area contributed by atoms with Crippen molar-refractivity contribution < 1.29 is 13.2 Å². The van der Waals surface area contributed by atoms with Gasteiger partial charge in [0.1, 0.15) is 5.75 Å². The average Bonchev–Trinajstić information content (AvgIpc) is 2.91. The zero-order valence-corrected chi connectivity index (χ0v) is 19.3. The van der Waals surface area contributed by atoms with Gasteiger partial charge in [0.05, 0.1) is 5.52 Å². The SMILES string of the molecule is CCS(=O)(=O)CC(=O)N1CCCC(c2ccc3c(n2)n(C)c(=O)n3CC(C)(C)C)C1. The monoisotopic (exact) mass is 436 g/mol. The first-order valence-corrected chi connectivity index (χ1v) is 12.3. The summed E-state index contributed by atoms with van der Waals surface area (Å²) in [4.78, 5) is 31.6. The van der Waals surface area contributed by atoms with E-state index in [1.165, 1.54) is 0 Å². The van der Waals surface area contributed by atoms with Crippen LogP contribution in [0.2, 0.25) is 0 Å². The highest BCUT2D eigenvalue weighted by Crippen LogP contribution is 2.28. The van der Waals surface area contributed by atoms with Gasteiger partial charge in [0.2, 0.25) is 5.91 Å². The zero-order chi connectivity index (χ0) is 22.3. The lowest BCUT2D eigenvalue weighted by molar-refractivity contribution is -0.129. The Morgan fingerprint density at radius 1 is 1.27 bits per heavy atom. The molecule has 0 N–H and O–H groups in total. The smallest absolute Gasteiger partial charge is 0.330 e. The Balaban J connectivity index is 1.87. The van der Waals surface area contributed by atoms with E-state index in [-0.39, 0.29) is 28.7 Å². The van der Waals surface area contributed by atoms with Crippen molar-refractivity contribution >= 4 is 26.9 Å². The third-order valence-electron chi connectivity index (χ3n) is 5.61. The number of carbonyl (C=O) groups is 1. The molecule has 1 aliphatic rings. The zero-order valence-electron chi connectivity index (χ0n) is 18.5. The van der Waals surface area contributed by atoms with Crippen molar-refractivity contribution in [2.45, 2.75) is 53.0 Å². The van der Waals surface area contributed by atoms with E-state index in [1.54, 1.807) is 28.0 Å². The first-order chi connectivity index (χ1) is 13.9. The lowest BCUT2D eigenvalue weighted by Crippen LogP contribution is -2.42. The minimum absolute atomic E-state index is 0.0255. The number of amides is 1. The van der Waals surface area contributed by atoms with E-state index in [0.29, 0.717) is 25.3 Å². The summed E-state index contributed by atoms with van der Waals surface area (Å²) in [6.07, 6.45) is 1.67. The number of imidazole rings is 1. The van der Waals surface area contributed by atoms with Gasteiger partial charge >= 0.3 is 5.69 Å². The Labute approximate surface area is 177 Å². The lowest BCUT2D eigenvalue weighted by Gasteiger charge is -2.32. The minimum atomic E-state index is -3.35. The lowest BCUT2D eigenvalue weighted by atomic mass is 9.94. The van der Waals surface area contributed by atoms with Crippen LogP contribution in [-0.4, -0.2) is 57.9 Å². The number of rotatable bonds is 5. The Morgan fingerprint density at radius 2 is 1.97 bits per heavy atom. The number of carbonyl (C=O) groups excluding carboxylic acids is 1. The second-order valence-corrected chi connectivity index (χ2v) is 11.8. The first-order valence-electron chi connectivity index (χ1n) is 10.5. The largest absolute Gasteiger partial charge is 0.341 e. The number of likely N-dealkylation sites (tertiary alicyclic amines) is 1. The van der Waals surface area contributed by atoms with E-state index < -0.39 is 15.6 Å². The quantitative estimate of drug-likeness (QED) is 0.714. The predicted molar refractivity (Wildman–Crippen MR) is 117 cm³/mol. The van der Waals surface area contributed by atoms with Crippen LogP contribution in [0.4, 0.5) is 0 Å². The van der Waals surface area contributed by atoms with Gasteiger partial charge in [-0.2, -0.15) is 0 Å². The van der Waals surface area contributed by atoms with Crippen LogP contribution in [-0.2, 0) is 28.2 Å². The number of fused-ring (bicyclic) bond motifs is 1. The van der Waals surface area contributed by atoms with E-state index in [2.05, 4.69) is 20.8 Å². The molecule has 0 aliphatic carbocycles. The second-order valence-electron chi connectivity index (χ2n) is 9.42. The summed E-state index contributed by atoms with van der Waals surface area (Å²) in [7, 11) is -1.62. The molecule has 2 aromatic heterocycles. The van der Waals surface area contributed by atoms with Crippen LogP contribution in [0.15, 0.2) is 16.9 Å². The molecule has 9 heteroatoms. The Hall–Kier alpha value is -2.16. The number of piperidine rings is 1. The topological polar surface area (TPSA) is 94.3 Å². The van der Waals surface area contributed by atoms with Gasteiger partial charge < -0.3 is 4.90 Å². The van der Waals surface area contributed by atoms with Crippen molar-refractivity contribution in [3.63, 3.8) is 0 Å². The molecule has 1 aliphatic heterocycles. The summed E-state index contributed by atoms with van der Waals surface area (Å²) < 4.78 is 27.0. The van der Waals surface area contributed by atoms with Crippen LogP contribution < -0.4 is 5.69 Å². The molecule has 1 atom stereocenters. The van der Waals surface area contributed by atoms with Crippen LogP contribution in [0.25, 0.3) is 11.2 Å². The maximum absolute atomic E-state index is 12.7. The van der Waals surface area contributed by atoms with E-state index in [0.717, 1.165) is 24.1 Å². The molecular weight excluding hydrogens is 404 g/mol. The molecule has 3 rings (SSSR count). The van der Waals surface area contributed by atoms with Crippen molar-refractivity contribution in [3.8, 4) is 0 Å². The van der Waals surface area contributed by atoms with Crippen molar-refractivity contribution in [2.24, 2.45) is 12.5 Å². The molecule has 166 valence electrons. The van der Waals surface area contributed by atoms with Crippen molar-refractivity contribution in [1.82, 2.24) is 19.0 Å². The summed E-state index contributed by atoms with van der Waals surface area (Å²) in [6, 6.07) is 3.87. The van der Waals surface area contributed by atoms with Gasteiger partial charge in [0, 0.05) is 44.0 Å². The molecule has 0 bridgehead atoms. The van der Waals surface area contributed by atoms with Gasteiger partial charge in [-0.05, 0) is 30.4 Å². The van der Waals surface area contributed by atoms with Gasteiger partial charge in [-0.3, -0.25) is 13.9 Å². The molecular formula is C21H32N4O4S. The molecule has 3 heterocycles. The molecule has 0 spiro atoms. The number of aryl methyl sites for hydroxylation is 1. The molecule has 0 aromatic carbocycles. The number of pyridine rings is 1. The van der Waals surface area contributed by atoms with Gasteiger partial charge in [-0.15, -0.1) is 0 Å². The van der Waals surface area contributed by atoms with Gasteiger partial charge in [-0.1, -0.05) is 27.7 Å². The molecule has 1 fully saturated rings. The van der Waals surface area contributed by atoms with Crippen LogP contribution in [0.5, 0.6) is 0 Å². The summed E-state index contributed by atoms with van der Waals surface area (Å²) >= 11 is 0. The van der Waals surface area contributed by atoms with E-state index in [9.17, 15) is 18.0 Å². The van der Waals surface area contributed by atoms with Gasteiger partial charge in [0.15, 0.2) is 15.5 Å². The summed E-state index contributed by atoms with van der Waals surface area (Å²) in [6.45, 7) is 9.44. The maximum atomic E-state index is 12.7. The second kappa shape index (κ2) is 8.17. The molecule has 1 amide bonds. The molecule has 0 radical (unpaired) electrons. The number of nitrogens with zero attached hydrogens (tertiary/aromatic N) is 4. The van der Waals surface area contributed by atoms with Gasteiger partial charge in [0.25, 0.3) is 0 Å². The average molecular weight is 437 g/mol. The number of hydrogen-bond acceptors (Lipinski definition) is 5. The molecule has 1 saturated heterocycles.